The van der Waals surface area contributed by atoms with E-state index in [1.54, 1.807) is 18.5 Å². The van der Waals surface area contributed by atoms with E-state index in [4.69, 9.17) is 12.2 Å². The Bertz CT molecular complexity index is 260. The van der Waals surface area contributed by atoms with E-state index in [2.05, 4.69) is 27.1 Å². The number of nitrogens with zero attached hydrogens (tertiary/aromatic N) is 2. The molecular formula is C6H5N3S2. The molecule has 1 rings (SSSR count). The van der Waals surface area contributed by atoms with Crippen LogP contribution in [0.25, 0.3) is 0 Å². The minimum absolute atomic E-state index is 0.285. The molecule has 1 aromatic heterocycles. The van der Waals surface area contributed by atoms with Crippen molar-refractivity contribution in [2.45, 2.75) is 0 Å². The highest BCUT2D eigenvalue weighted by atomic mass is 32.1. The van der Waals surface area contributed by atoms with Gasteiger partial charge in [0, 0.05) is 18.6 Å². The highest BCUT2D eigenvalue weighted by molar-refractivity contribution is 7.81. The number of aromatic nitrogens is 1. The minimum atomic E-state index is 0.285. The Morgan fingerprint density at radius 1 is 1.64 bits per heavy atom. The van der Waals surface area contributed by atoms with Crippen molar-refractivity contribution in [3.8, 4) is 0 Å². The van der Waals surface area contributed by atoms with Gasteiger partial charge in [-0.2, -0.15) is 4.36 Å². The van der Waals surface area contributed by atoms with E-state index in [1.165, 1.54) is 0 Å². The Kier molecular flexibility index (Phi) is 3.00. The highest BCUT2D eigenvalue weighted by Crippen LogP contribution is 2.02. The standard InChI is InChI=1S/C6H5N3S2/c10-6(9-11)8-5-2-1-3-7-4-5/h1-4H,(H,8,10). The van der Waals surface area contributed by atoms with Crippen molar-refractivity contribution in [2.24, 2.45) is 4.36 Å². The van der Waals surface area contributed by atoms with E-state index in [1.807, 2.05) is 6.07 Å². The molecule has 0 bridgehead atoms. The zero-order valence-electron chi connectivity index (χ0n) is 5.52. The van der Waals surface area contributed by atoms with E-state index in [0.29, 0.717) is 0 Å². The third-order valence-electron chi connectivity index (χ3n) is 0.996. The predicted molar refractivity (Wildman–Crippen MR) is 50.3 cm³/mol. The number of pyridine rings is 1. The fourth-order valence-corrected chi connectivity index (χ4v) is 0.746. The first-order chi connectivity index (χ1) is 5.33. The first kappa shape index (κ1) is 8.16. The second-order valence-corrected chi connectivity index (χ2v) is 2.33. The molecule has 11 heavy (non-hydrogen) atoms. The summed E-state index contributed by atoms with van der Waals surface area (Å²) < 4.78 is 3.36. The van der Waals surface area contributed by atoms with Crippen LogP contribution in [0.5, 0.6) is 0 Å². The van der Waals surface area contributed by atoms with Gasteiger partial charge in [0.25, 0.3) is 0 Å². The number of hydrogen-bond acceptors (Lipinski definition) is 3. The molecule has 0 aliphatic heterocycles. The smallest absolute Gasteiger partial charge is 0.209 e. The van der Waals surface area contributed by atoms with E-state index in [0.717, 1.165) is 5.69 Å². The maximum Gasteiger partial charge on any atom is 0.209 e. The SMILES string of the molecule is S=NC(=S)Nc1cccnc1. The van der Waals surface area contributed by atoms with Crippen LogP contribution in [0.4, 0.5) is 5.69 Å². The Morgan fingerprint density at radius 3 is 3.00 bits per heavy atom. The van der Waals surface area contributed by atoms with Crippen LogP contribution in [0, 0.1) is 0 Å². The predicted octanol–water partition coefficient (Wildman–Crippen LogP) is 1.51. The van der Waals surface area contributed by atoms with Crippen LogP contribution in [0.1, 0.15) is 0 Å². The lowest BCUT2D eigenvalue weighted by molar-refractivity contribution is 1.33. The van der Waals surface area contributed by atoms with Crippen molar-refractivity contribution >= 4 is 35.4 Å². The van der Waals surface area contributed by atoms with Crippen LogP contribution in [0.15, 0.2) is 28.9 Å². The Morgan fingerprint density at radius 2 is 2.45 bits per heavy atom. The van der Waals surface area contributed by atoms with Gasteiger partial charge in [-0.15, -0.1) is 0 Å². The van der Waals surface area contributed by atoms with Crippen molar-refractivity contribution in [3.05, 3.63) is 24.5 Å². The van der Waals surface area contributed by atoms with Gasteiger partial charge < -0.3 is 5.32 Å². The molecule has 1 aromatic rings. The second kappa shape index (κ2) is 4.05. The van der Waals surface area contributed by atoms with Gasteiger partial charge >= 0.3 is 0 Å². The first-order valence-electron chi connectivity index (χ1n) is 2.87. The largest absolute Gasteiger partial charge is 0.329 e. The summed E-state index contributed by atoms with van der Waals surface area (Å²) in [6, 6.07) is 3.63. The lowest BCUT2D eigenvalue weighted by Crippen LogP contribution is -2.04. The van der Waals surface area contributed by atoms with Crippen molar-refractivity contribution in [2.75, 3.05) is 5.32 Å². The molecule has 0 aliphatic carbocycles. The molecule has 0 saturated carbocycles. The molecule has 0 aromatic carbocycles. The van der Waals surface area contributed by atoms with Crippen molar-refractivity contribution in [3.63, 3.8) is 0 Å². The molecule has 5 heteroatoms. The molecular weight excluding hydrogens is 178 g/mol. The van der Waals surface area contributed by atoms with Gasteiger partial charge in [0.15, 0.2) is 0 Å². The first-order valence-corrected chi connectivity index (χ1v) is 3.64. The third kappa shape index (κ3) is 2.65. The number of rotatable bonds is 1. The van der Waals surface area contributed by atoms with Crippen LogP contribution in [-0.4, -0.2) is 10.1 Å². The second-order valence-electron chi connectivity index (χ2n) is 1.76. The number of hydrogen-bond donors (Lipinski definition) is 1. The third-order valence-corrected chi connectivity index (χ3v) is 1.49. The quantitative estimate of drug-likeness (QED) is 0.670. The topological polar surface area (TPSA) is 37.3 Å². The molecule has 0 spiro atoms. The number of thiocarbonyl (C=S) groups is 1. The average Bonchev–Trinajstić information content (AvgIpc) is 2.06. The summed E-state index contributed by atoms with van der Waals surface area (Å²) in [5, 5.41) is 3.07. The Labute approximate surface area is 75.0 Å². The molecule has 0 atom stereocenters. The van der Waals surface area contributed by atoms with Gasteiger partial charge in [0.1, 0.15) is 0 Å². The van der Waals surface area contributed by atoms with Crippen LogP contribution < -0.4 is 5.32 Å². The average molecular weight is 183 g/mol. The summed E-state index contributed by atoms with van der Waals surface area (Å²) in [5.74, 6) is 0. The summed E-state index contributed by atoms with van der Waals surface area (Å²) in [6.07, 6.45) is 3.33. The van der Waals surface area contributed by atoms with E-state index in [-0.39, 0.29) is 5.11 Å². The van der Waals surface area contributed by atoms with Gasteiger partial charge in [-0.3, -0.25) is 4.98 Å². The molecule has 3 nitrogen and oxygen atoms in total. The van der Waals surface area contributed by atoms with Crippen molar-refractivity contribution in [1.82, 2.24) is 4.98 Å². The van der Waals surface area contributed by atoms with Gasteiger partial charge in [0.05, 0.1) is 11.9 Å². The fraction of sp³-hybridized carbons (Fsp3) is 0. The highest BCUT2D eigenvalue weighted by Gasteiger charge is 1.91. The summed E-state index contributed by atoms with van der Waals surface area (Å²) in [5.41, 5.74) is 0.797. The Balaban J connectivity index is 2.65. The molecule has 0 fully saturated rings. The summed E-state index contributed by atoms with van der Waals surface area (Å²) in [6.45, 7) is 0. The monoisotopic (exact) mass is 183 g/mol. The molecule has 0 radical (unpaired) electrons. The van der Waals surface area contributed by atoms with E-state index in [9.17, 15) is 0 Å². The van der Waals surface area contributed by atoms with Gasteiger partial charge in [0.2, 0.25) is 5.11 Å². The van der Waals surface area contributed by atoms with Gasteiger partial charge in [-0.1, -0.05) is 0 Å². The number of anilines is 1. The lowest BCUT2D eigenvalue weighted by Gasteiger charge is -1.99. The molecule has 1 N–H and O–H groups in total. The van der Waals surface area contributed by atoms with Gasteiger partial charge in [-0.25, -0.2) is 0 Å². The van der Waals surface area contributed by atoms with Gasteiger partial charge in [-0.05, 0) is 24.4 Å². The normalized spacial score (nSPS) is 8.73. The zero-order chi connectivity index (χ0) is 8.10. The molecule has 0 saturated heterocycles. The molecule has 1 heterocycles. The van der Waals surface area contributed by atoms with Crippen LogP contribution in [0.3, 0.4) is 0 Å². The summed E-state index contributed by atoms with van der Waals surface area (Å²) >= 11 is 9.10. The maximum atomic E-state index is 4.73. The van der Waals surface area contributed by atoms with Crippen LogP contribution in [0.2, 0.25) is 0 Å². The summed E-state index contributed by atoms with van der Waals surface area (Å²) in [7, 11) is 0. The molecule has 0 aliphatic rings. The maximum absolute atomic E-state index is 4.73. The Hall–Kier alpha value is -0.940. The van der Waals surface area contributed by atoms with Crippen molar-refractivity contribution < 1.29 is 0 Å². The van der Waals surface area contributed by atoms with E-state index >= 15 is 0 Å². The lowest BCUT2D eigenvalue weighted by atomic mass is 10.4. The van der Waals surface area contributed by atoms with Crippen LogP contribution in [-0.2, 0) is 12.4 Å². The minimum Gasteiger partial charge on any atom is -0.329 e. The molecule has 56 valence electrons. The van der Waals surface area contributed by atoms with Crippen LogP contribution >= 0.6 is 12.2 Å². The molecule has 0 amide bonds. The van der Waals surface area contributed by atoms with E-state index < -0.39 is 0 Å². The fourth-order valence-electron chi connectivity index (χ4n) is 0.583. The zero-order valence-corrected chi connectivity index (χ0v) is 7.15. The molecule has 0 unspecified atom stereocenters. The number of nitrogens with one attached hydrogen (secondary N) is 1. The summed E-state index contributed by atoms with van der Waals surface area (Å²) in [4.78, 5) is 3.87. The van der Waals surface area contributed by atoms with Crippen molar-refractivity contribution in [1.29, 1.82) is 0 Å².